The number of hydrogen-bond donors (Lipinski definition) is 3. The largest absolute Gasteiger partial charge is 0.508 e. The first-order valence-electron chi connectivity index (χ1n) is 7.85. The number of phenols is 1. The van der Waals surface area contributed by atoms with Crippen LogP contribution in [0.3, 0.4) is 0 Å². The molecule has 1 saturated heterocycles. The number of aromatic hydroxyl groups is 1. The van der Waals surface area contributed by atoms with Gasteiger partial charge in [0.15, 0.2) is 0 Å². The van der Waals surface area contributed by atoms with Crippen LogP contribution in [-0.2, 0) is 0 Å². The van der Waals surface area contributed by atoms with E-state index in [1.165, 1.54) is 6.33 Å². The smallest absolute Gasteiger partial charge is 0.146 e. The van der Waals surface area contributed by atoms with Gasteiger partial charge in [-0.05, 0) is 43.6 Å². The van der Waals surface area contributed by atoms with Gasteiger partial charge in [0.05, 0.1) is 5.39 Å². The van der Waals surface area contributed by atoms with Crippen molar-refractivity contribution in [2.45, 2.75) is 18.9 Å². The van der Waals surface area contributed by atoms with Crippen LogP contribution in [0.15, 0.2) is 36.8 Å². The highest BCUT2D eigenvalue weighted by Crippen LogP contribution is 2.36. The number of benzene rings is 1. The fourth-order valence-electron chi connectivity index (χ4n) is 3.33. The molecule has 0 atom stereocenters. The Morgan fingerprint density at radius 2 is 1.87 bits per heavy atom. The van der Waals surface area contributed by atoms with E-state index in [0.29, 0.717) is 11.9 Å². The summed E-state index contributed by atoms with van der Waals surface area (Å²) in [5.41, 5.74) is 9.04. The fourth-order valence-corrected chi connectivity index (χ4v) is 3.33. The van der Waals surface area contributed by atoms with Gasteiger partial charge in [0.25, 0.3) is 0 Å². The van der Waals surface area contributed by atoms with E-state index >= 15 is 0 Å². The van der Waals surface area contributed by atoms with Crippen molar-refractivity contribution >= 4 is 16.9 Å². The number of anilines is 1. The minimum atomic E-state index is 0.250. The molecule has 1 aliphatic heterocycles. The van der Waals surface area contributed by atoms with E-state index in [9.17, 15) is 5.11 Å². The topological polar surface area (TPSA) is 89.0 Å². The van der Waals surface area contributed by atoms with Crippen molar-refractivity contribution in [2.24, 2.45) is 0 Å². The molecular weight excluding hydrogens is 290 g/mol. The Morgan fingerprint density at radius 1 is 1.13 bits per heavy atom. The van der Waals surface area contributed by atoms with Crippen molar-refractivity contribution in [2.75, 3.05) is 18.8 Å². The lowest BCUT2D eigenvalue weighted by atomic mass is 10.1. The minimum Gasteiger partial charge on any atom is -0.508 e. The number of phenolic OH excluding ortho intramolecular Hbond substituents is 1. The molecule has 1 aliphatic rings. The van der Waals surface area contributed by atoms with E-state index in [0.717, 1.165) is 48.1 Å². The lowest BCUT2D eigenvalue weighted by Crippen LogP contribution is -2.29. The molecule has 1 fully saturated rings. The molecule has 118 valence electrons. The summed E-state index contributed by atoms with van der Waals surface area (Å²) in [6.45, 7) is 2.03. The van der Waals surface area contributed by atoms with Gasteiger partial charge in [-0.2, -0.15) is 0 Å². The Morgan fingerprint density at radius 3 is 2.61 bits per heavy atom. The highest BCUT2D eigenvalue weighted by atomic mass is 16.3. The monoisotopic (exact) mass is 309 g/mol. The molecule has 3 heterocycles. The van der Waals surface area contributed by atoms with Crippen LogP contribution >= 0.6 is 0 Å². The van der Waals surface area contributed by atoms with Gasteiger partial charge >= 0.3 is 0 Å². The third kappa shape index (κ3) is 2.41. The molecule has 6 heteroatoms. The summed E-state index contributed by atoms with van der Waals surface area (Å²) in [5, 5.41) is 13.8. The van der Waals surface area contributed by atoms with Crippen LogP contribution < -0.4 is 11.1 Å². The summed E-state index contributed by atoms with van der Waals surface area (Å²) in [4.78, 5) is 8.64. The highest BCUT2D eigenvalue weighted by Gasteiger charge is 2.21. The first kappa shape index (κ1) is 14.0. The van der Waals surface area contributed by atoms with E-state index in [1.54, 1.807) is 12.1 Å². The molecule has 4 N–H and O–H groups in total. The summed E-state index contributed by atoms with van der Waals surface area (Å²) < 4.78 is 2.23. The number of rotatable bonds is 2. The van der Waals surface area contributed by atoms with Crippen molar-refractivity contribution in [1.29, 1.82) is 0 Å². The zero-order valence-corrected chi connectivity index (χ0v) is 12.7. The van der Waals surface area contributed by atoms with Crippen molar-refractivity contribution in [3.8, 4) is 16.9 Å². The highest BCUT2D eigenvalue weighted by molar-refractivity contribution is 6.00. The number of nitrogens with two attached hydrogens (primary N) is 1. The maximum Gasteiger partial charge on any atom is 0.146 e. The van der Waals surface area contributed by atoms with Crippen LogP contribution in [0.1, 0.15) is 18.9 Å². The van der Waals surface area contributed by atoms with Gasteiger partial charge in [0, 0.05) is 17.8 Å². The Balaban J connectivity index is 1.91. The quantitative estimate of drug-likeness (QED) is 0.676. The Bertz CT molecular complexity index is 834. The average Bonchev–Trinajstić information content (AvgIpc) is 2.97. The Hall–Kier alpha value is -2.60. The molecule has 0 aliphatic carbocycles. The van der Waals surface area contributed by atoms with Crippen LogP contribution in [0, 0.1) is 0 Å². The molecule has 0 spiro atoms. The predicted molar refractivity (Wildman–Crippen MR) is 90.2 cm³/mol. The number of fused-ring (bicyclic) bond motifs is 1. The molecule has 1 aromatic carbocycles. The number of nitrogens with zero attached hydrogens (tertiary/aromatic N) is 3. The van der Waals surface area contributed by atoms with E-state index in [1.807, 2.05) is 12.1 Å². The predicted octanol–water partition coefficient (Wildman–Crippen LogP) is 2.31. The van der Waals surface area contributed by atoms with Crippen LogP contribution in [0.2, 0.25) is 0 Å². The summed E-state index contributed by atoms with van der Waals surface area (Å²) in [6, 6.07) is 7.57. The summed E-state index contributed by atoms with van der Waals surface area (Å²) in [5.74, 6) is 0.742. The fraction of sp³-hybridized carbons (Fsp3) is 0.294. The van der Waals surface area contributed by atoms with Crippen molar-refractivity contribution in [1.82, 2.24) is 19.9 Å². The van der Waals surface area contributed by atoms with Crippen molar-refractivity contribution in [3.63, 3.8) is 0 Å². The first-order chi connectivity index (χ1) is 11.2. The summed E-state index contributed by atoms with van der Waals surface area (Å²) >= 11 is 0. The van der Waals surface area contributed by atoms with Crippen molar-refractivity contribution < 1.29 is 5.11 Å². The molecule has 3 aromatic rings. The van der Waals surface area contributed by atoms with E-state index in [2.05, 4.69) is 26.0 Å². The molecule has 0 radical (unpaired) electrons. The Labute approximate surface area is 134 Å². The zero-order chi connectivity index (χ0) is 15.8. The van der Waals surface area contributed by atoms with Gasteiger partial charge in [0.2, 0.25) is 0 Å². The van der Waals surface area contributed by atoms with Gasteiger partial charge < -0.3 is 20.7 Å². The van der Waals surface area contributed by atoms with Gasteiger partial charge in [0.1, 0.15) is 23.5 Å². The number of hydrogen-bond acceptors (Lipinski definition) is 5. The van der Waals surface area contributed by atoms with Crippen molar-refractivity contribution in [3.05, 3.63) is 36.8 Å². The molecule has 0 saturated carbocycles. The standard InChI is InChI=1S/C17H19N5O/c18-16-15-14(11-1-3-13(23)4-2-11)9-22(17(15)21-10-20-16)12-5-7-19-8-6-12/h1-4,9-10,12,19,23H,5-8H2,(H2,18,20,21). The molecule has 23 heavy (non-hydrogen) atoms. The van der Waals surface area contributed by atoms with Gasteiger partial charge in [-0.15, -0.1) is 0 Å². The number of nitrogen functional groups attached to an aromatic ring is 1. The third-order valence-electron chi connectivity index (χ3n) is 4.52. The summed E-state index contributed by atoms with van der Waals surface area (Å²) in [7, 11) is 0. The molecule has 6 nitrogen and oxygen atoms in total. The van der Waals surface area contributed by atoms with E-state index in [4.69, 9.17) is 5.73 Å². The zero-order valence-electron chi connectivity index (χ0n) is 12.7. The van der Waals surface area contributed by atoms with Crippen LogP contribution in [0.5, 0.6) is 5.75 Å². The Kier molecular flexibility index (Phi) is 3.38. The number of aromatic nitrogens is 3. The second-order valence-electron chi connectivity index (χ2n) is 5.94. The minimum absolute atomic E-state index is 0.250. The van der Waals surface area contributed by atoms with Crippen LogP contribution in [-0.4, -0.2) is 32.7 Å². The molecule has 0 bridgehead atoms. The molecular formula is C17H19N5O. The molecule has 0 amide bonds. The van der Waals surface area contributed by atoms with Gasteiger partial charge in [-0.1, -0.05) is 12.1 Å². The molecule has 2 aromatic heterocycles. The maximum atomic E-state index is 9.52. The summed E-state index contributed by atoms with van der Waals surface area (Å²) in [6.07, 6.45) is 5.79. The van der Waals surface area contributed by atoms with E-state index in [-0.39, 0.29) is 5.75 Å². The second-order valence-corrected chi connectivity index (χ2v) is 5.94. The third-order valence-corrected chi connectivity index (χ3v) is 4.52. The van der Waals surface area contributed by atoms with E-state index < -0.39 is 0 Å². The van der Waals surface area contributed by atoms with Gasteiger partial charge in [-0.25, -0.2) is 9.97 Å². The lowest BCUT2D eigenvalue weighted by molar-refractivity contribution is 0.375. The molecule has 0 unspecified atom stereocenters. The normalized spacial score (nSPS) is 16.0. The first-order valence-corrected chi connectivity index (χ1v) is 7.85. The van der Waals surface area contributed by atoms with Gasteiger partial charge in [-0.3, -0.25) is 0 Å². The van der Waals surface area contributed by atoms with Crippen LogP contribution in [0.4, 0.5) is 5.82 Å². The SMILES string of the molecule is Nc1ncnc2c1c(-c1ccc(O)cc1)cn2C1CCNCC1. The molecule has 4 rings (SSSR count). The second kappa shape index (κ2) is 5.55. The number of nitrogens with one attached hydrogen (secondary N) is 1. The maximum absolute atomic E-state index is 9.52. The lowest BCUT2D eigenvalue weighted by Gasteiger charge is -2.24. The number of piperidine rings is 1. The average molecular weight is 309 g/mol. The van der Waals surface area contributed by atoms with Crippen LogP contribution in [0.25, 0.3) is 22.2 Å².